The minimum atomic E-state index is -0.362. The van der Waals surface area contributed by atoms with Crippen molar-refractivity contribution in [2.75, 3.05) is 7.11 Å². The van der Waals surface area contributed by atoms with Gasteiger partial charge in [0.25, 0.3) is 0 Å². The molecule has 0 aliphatic heterocycles. The molecule has 0 aliphatic carbocycles. The van der Waals surface area contributed by atoms with Crippen LogP contribution in [0.4, 0.5) is 0 Å². The Balaban J connectivity index is 2.14. The van der Waals surface area contributed by atoms with Gasteiger partial charge < -0.3 is 4.74 Å². The number of ether oxygens (including phenoxy) is 1. The molecule has 0 bridgehead atoms. The van der Waals surface area contributed by atoms with Crippen molar-refractivity contribution < 1.29 is 9.53 Å². The van der Waals surface area contributed by atoms with E-state index < -0.39 is 0 Å². The largest absolute Gasteiger partial charge is 0.465 e. The molecular formula is C21H19NO2. The Morgan fingerprint density at radius 3 is 1.58 bits per heavy atom. The van der Waals surface area contributed by atoms with Gasteiger partial charge >= 0.3 is 5.97 Å². The number of rotatable bonds is 3. The number of hydrogen-bond donors (Lipinski definition) is 0. The Labute approximate surface area is 142 Å². The Bertz CT molecular complexity index is 802. The van der Waals surface area contributed by atoms with Gasteiger partial charge in [0, 0.05) is 11.1 Å². The average molecular weight is 317 g/mol. The molecule has 0 atom stereocenters. The number of hydrogen-bond acceptors (Lipinski definition) is 3. The van der Waals surface area contributed by atoms with Crippen LogP contribution in [0.3, 0.4) is 0 Å². The van der Waals surface area contributed by atoms with Crippen LogP contribution in [-0.4, -0.2) is 18.1 Å². The quantitative estimate of drug-likeness (QED) is 0.650. The fourth-order valence-corrected chi connectivity index (χ4v) is 2.51. The summed E-state index contributed by atoms with van der Waals surface area (Å²) in [5.41, 5.74) is 6.32. The van der Waals surface area contributed by atoms with E-state index in [1.807, 2.05) is 62.4 Å². The van der Waals surface area contributed by atoms with Gasteiger partial charge in [-0.05, 0) is 26.0 Å². The summed E-state index contributed by atoms with van der Waals surface area (Å²) in [5.74, 6) is -0.362. The summed E-state index contributed by atoms with van der Waals surface area (Å²) in [6.45, 7) is 4.08. The van der Waals surface area contributed by atoms with Crippen LogP contribution in [0.5, 0.6) is 0 Å². The molecule has 3 nitrogen and oxygen atoms in total. The molecular weight excluding hydrogens is 298 g/mol. The summed E-state index contributed by atoms with van der Waals surface area (Å²) >= 11 is 0. The second-order valence-corrected chi connectivity index (χ2v) is 5.85. The topological polar surface area (TPSA) is 39.2 Å². The Kier molecular flexibility index (Phi) is 4.43. The molecule has 0 aliphatic rings. The van der Waals surface area contributed by atoms with E-state index in [1.54, 1.807) is 12.1 Å². The highest BCUT2D eigenvalue weighted by Gasteiger charge is 2.12. The highest BCUT2D eigenvalue weighted by molar-refractivity contribution is 5.92. The number of aromatic nitrogens is 1. The van der Waals surface area contributed by atoms with Gasteiger partial charge in [-0.1, -0.05) is 59.7 Å². The van der Waals surface area contributed by atoms with E-state index in [0.717, 1.165) is 22.5 Å². The standard InChI is InChI=1S/C21H19NO2/c1-14-4-8-16(9-5-14)19-12-18(21(23)24-3)13-20(22-19)17-10-6-15(2)7-11-17/h4-13H,1-3H3. The predicted octanol–water partition coefficient (Wildman–Crippen LogP) is 4.82. The van der Waals surface area contributed by atoms with E-state index >= 15 is 0 Å². The maximum atomic E-state index is 12.0. The molecule has 3 aromatic rings. The lowest BCUT2D eigenvalue weighted by atomic mass is 10.0. The second-order valence-electron chi connectivity index (χ2n) is 5.85. The molecule has 120 valence electrons. The minimum Gasteiger partial charge on any atom is -0.465 e. The SMILES string of the molecule is COC(=O)c1cc(-c2ccc(C)cc2)nc(-c2ccc(C)cc2)c1. The number of aryl methyl sites for hydroxylation is 2. The molecule has 1 aromatic heterocycles. The van der Waals surface area contributed by atoms with Crippen LogP contribution in [0.25, 0.3) is 22.5 Å². The van der Waals surface area contributed by atoms with Crippen molar-refractivity contribution in [3.63, 3.8) is 0 Å². The molecule has 0 amide bonds. The zero-order chi connectivity index (χ0) is 17.1. The minimum absolute atomic E-state index is 0.362. The fourth-order valence-electron chi connectivity index (χ4n) is 2.51. The number of benzene rings is 2. The van der Waals surface area contributed by atoms with E-state index in [0.29, 0.717) is 5.56 Å². The molecule has 0 saturated heterocycles. The first-order valence-corrected chi connectivity index (χ1v) is 7.81. The Hall–Kier alpha value is -2.94. The molecule has 3 heteroatoms. The maximum absolute atomic E-state index is 12.0. The van der Waals surface area contributed by atoms with Crippen LogP contribution in [0, 0.1) is 13.8 Å². The molecule has 0 saturated carbocycles. The van der Waals surface area contributed by atoms with Crippen molar-refractivity contribution in [3.05, 3.63) is 77.4 Å². The van der Waals surface area contributed by atoms with Crippen molar-refractivity contribution in [2.24, 2.45) is 0 Å². The molecule has 24 heavy (non-hydrogen) atoms. The summed E-state index contributed by atoms with van der Waals surface area (Å²) < 4.78 is 4.89. The number of methoxy groups -OCH3 is 1. The summed E-state index contributed by atoms with van der Waals surface area (Å²) in [4.78, 5) is 16.8. The highest BCUT2D eigenvalue weighted by atomic mass is 16.5. The van der Waals surface area contributed by atoms with Gasteiger partial charge in [0.05, 0.1) is 24.1 Å². The number of nitrogens with zero attached hydrogens (tertiary/aromatic N) is 1. The lowest BCUT2D eigenvalue weighted by molar-refractivity contribution is 0.0600. The maximum Gasteiger partial charge on any atom is 0.338 e. The van der Waals surface area contributed by atoms with Gasteiger partial charge in [-0.25, -0.2) is 9.78 Å². The lowest BCUT2D eigenvalue weighted by Crippen LogP contribution is -2.03. The summed E-state index contributed by atoms with van der Waals surface area (Å²) in [7, 11) is 1.39. The monoisotopic (exact) mass is 317 g/mol. The lowest BCUT2D eigenvalue weighted by Gasteiger charge is -2.09. The molecule has 0 N–H and O–H groups in total. The molecule has 0 unspecified atom stereocenters. The van der Waals surface area contributed by atoms with Crippen LogP contribution in [0.1, 0.15) is 21.5 Å². The molecule has 0 fully saturated rings. The van der Waals surface area contributed by atoms with Gasteiger partial charge in [-0.3, -0.25) is 0 Å². The fraction of sp³-hybridized carbons (Fsp3) is 0.143. The molecule has 2 aromatic carbocycles. The van der Waals surface area contributed by atoms with Gasteiger partial charge in [-0.2, -0.15) is 0 Å². The Morgan fingerprint density at radius 1 is 0.792 bits per heavy atom. The normalized spacial score (nSPS) is 10.5. The van der Waals surface area contributed by atoms with Crippen molar-refractivity contribution in [2.45, 2.75) is 13.8 Å². The van der Waals surface area contributed by atoms with Crippen molar-refractivity contribution in [1.82, 2.24) is 4.98 Å². The van der Waals surface area contributed by atoms with E-state index in [4.69, 9.17) is 9.72 Å². The first-order chi connectivity index (χ1) is 11.6. The van der Waals surface area contributed by atoms with E-state index in [1.165, 1.54) is 18.2 Å². The van der Waals surface area contributed by atoms with Crippen LogP contribution in [0.2, 0.25) is 0 Å². The number of carbonyl (C=O) groups excluding carboxylic acids is 1. The highest BCUT2D eigenvalue weighted by Crippen LogP contribution is 2.25. The second kappa shape index (κ2) is 6.67. The van der Waals surface area contributed by atoms with Gasteiger partial charge in [0.15, 0.2) is 0 Å². The third-order valence-corrected chi connectivity index (χ3v) is 3.94. The summed E-state index contributed by atoms with van der Waals surface area (Å²) in [6, 6.07) is 19.7. The number of esters is 1. The van der Waals surface area contributed by atoms with Crippen LogP contribution < -0.4 is 0 Å². The number of carbonyl (C=O) groups is 1. The van der Waals surface area contributed by atoms with Gasteiger partial charge in [0.1, 0.15) is 0 Å². The average Bonchev–Trinajstić information content (AvgIpc) is 2.62. The zero-order valence-electron chi connectivity index (χ0n) is 14.0. The smallest absolute Gasteiger partial charge is 0.338 e. The summed E-state index contributed by atoms with van der Waals surface area (Å²) in [6.07, 6.45) is 0. The van der Waals surface area contributed by atoms with Crippen LogP contribution >= 0.6 is 0 Å². The Morgan fingerprint density at radius 2 is 1.21 bits per heavy atom. The zero-order valence-corrected chi connectivity index (χ0v) is 14.0. The predicted molar refractivity (Wildman–Crippen MR) is 95.9 cm³/mol. The van der Waals surface area contributed by atoms with Crippen molar-refractivity contribution in [3.8, 4) is 22.5 Å². The van der Waals surface area contributed by atoms with Crippen LogP contribution in [0.15, 0.2) is 60.7 Å². The first kappa shape index (κ1) is 15.9. The summed E-state index contributed by atoms with van der Waals surface area (Å²) in [5, 5.41) is 0. The van der Waals surface area contributed by atoms with Crippen molar-refractivity contribution >= 4 is 5.97 Å². The first-order valence-electron chi connectivity index (χ1n) is 7.81. The van der Waals surface area contributed by atoms with E-state index in [2.05, 4.69) is 0 Å². The molecule has 0 radical (unpaired) electrons. The molecule has 3 rings (SSSR count). The molecule has 0 spiro atoms. The van der Waals surface area contributed by atoms with Crippen LogP contribution in [-0.2, 0) is 4.74 Å². The van der Waals surface area contributed by atoms with Crippen molar-refractivity contribution in [1.29, 1.82) is 0 Å². The molecule has 1 heterocycles. The third-order valence-electron chi connectivity index (χ3n) is 3.94. The number of pyridine rings is 1. The van der Waals surface area contributed by atoms with E-state index in [-0.39, 0.29) is 5.97 Å². The van der Waals surface area contributed by atoms with Gasteiger partial charge in [0.2, 0.25) is 0 Å². The van der Waals surface area contributed by atoms with Gasteiger partial charge in [-0.15, -0.1) is 0 Å². The van der Waals surface area contributed by atoms with E-state index in [9.17, 15) is 4.79 Å². The third kappa shape index (κ3) is 3.35.